The molecular formula is C20H14N2O3S. The molecule has 128 valence electrons. The highest BCUT2D eigenvalue weighted by atomic mass is 32.2. The standard InChI is InChI=1S/C20H14N2O3S/c23-17(13-5-2-1-3-6-13)12-22-10-9-15-14(7-4-8-16(15)22)11-18-19(24)21-20(25)26-18/h1-11H,12H2,(H,21,24,25)/b18-11-. The molecular weight excluding hydrogens is 348 g/mol. The van der Waals surface area contributed by atoms with Gasteiger partial charge in [0.25, 0.3) is 11.1 Å². The van der Waals surface area contributed by atoms with Gasteiger partial charge in [-0.25, -0.2) is 0 Å². The number of carbonyl (C=O) groups excluding carboxylic acids is 3. The highest BCUT2D eigenvalue weighted by molar-refractivity contribution is 8.18. The molecule has 26 heavy (non-hydrogen) atoms. The molecule has 0 spiro atoms. The van der Waals surface area contributed by atoms with Gasteiger partial charge in [0, 0.05) is 22.7 Å². The van der Waals surface area contributed by atoms with Crippen LogP contribution >= 0.6 is 11.8 Å². The van der Waals surface area contributed by atoms with Gasteiger partial charge in [0.2, 0.25) is 0 Å². The lowest BCUT2D eigenvalue weighted by Crippen LogP contribution is -2.17. The number of ketones is 1. The van der Waals surface area contributed by atoms with Crippen molar-refractivity contribution in [2.24, 2.45) is 0 Å². The van der Waals surface area contributed by atoms with Crippen molar-refractivity contribution in [1.82, 2.24) is 9.88 Å². The van der Waals surface area contributed by atoms with Crippen LogP contribution in [0.2, 0.25) is 0 Å². The number of imide groups is 1. The molecule has 3 aromatic rings. The first-order valence-corrected chi connectivity index (χ1v) is 8.84. The lowest BCUT2D eigenvalue weighted by atomic mass is 10.1. The van der Waals surface area contributed by atoms with Crippen molar-refractivity contribution in [3.05, 3.63) is 76.8 Å². The van der Waals surface area contributed by atoms with E-state index in [1.807, 2.05) is 53.2 Å². The molecule has 2 aromatic carbocycles. The number of carbonyl (C=O) groups is 3. The number of rotatable bonds is 4. The predicted octanol–water partition coefficient (Wildman–Crippen LogP) is 3.85. The van der Waals surface area contributed by atoms with Crippen LogP contribution in [0.4, 0.5) is 4.79 Å². The van der Waals surface area contributed by atoms with E-state index in [0.29, 0.717) is 10.5 Å². The average Bonchev–Trinajstić information content (AvgIpc) is 3.19. The number of Topliss-reactive ketones (excluding diaryl/α,β-unsaturated/α-hetero) is 1. The molecule has 1 fully saturated rings. The Morgan fingerprint density at radius 2 is 1.85 bits per heavy atom. The van der Waals surface area contributed by atoms with Crippen molar-refractivity contribution < 1.29 is 14.4 Å². The summed E-state index contributed by atoms with van der Waals surface area (Å²) in [6.07, 6.45) is 3.57. The SMILES string of the molecule is O=C1NC(=O)/C(=C/c2cccc3c2ccn3CC(=O)c2ccccc2)S1. The number of hydrogen-bond donors (Lipinski definition) is 1. The summed E-state index contributed by atoms with van der Waals surface area (Å²) in [6.45, 7) is 0.237. The molecule has 1 aromatic heterocycles. The summed E-state index contributed by atoms with van der Waals surface area (Å²) in [5, 5.41) is 2.81. The lowest BCUT2D eigenvalue weighted by Gasteiger charge is -2.06. The Labute approximate surface area is 153 Å². The fourth-order valence-corrected chi connectivity index (χ4v) is 3.62. The number of fused-ring (bicyclic) bond motifs is 1. The molecule has 6 heteroatoms. The largest absolute Gasteiger partial charge is 0.340 e. The molecule has 5 nitrogen and oxygen atoms in total. The molecule has 0 bridgehead atoms. The summed E-state index contributed by atoms with van der Waals surface area (Å²) in [7, 11) is 0. The quantitative estimate of drug-likeness (QED) is 0.565. The van der Waals surface area contributed by atoms with Crippen molar-refractivity contribution in [2.75, 3.05) is 0 Å². The van der Waals surface area contributed by atoms with E-state index in [-0.39, 0.29) is 23.5 Å². The summed E-state index contributed by atoms with van der Waals surface area (Å²) in [6, 6.07) is 16.8. The number of benzene rings is 2. The molecule has 0 radical (unpaired) electrons. The first kappa shape index (κ1) is 16.4. The predicted molar refractivity (Wildman–Crippen MR) is 102 cm³/mol. The van der Waals surface area contributed by atoms with E-state index in [1.54, 1.807) is 18.2 Å². The Hall–Kier alpha value is -3.12. The number of thioether (sulfide) groups is 1. The zero-order chi connectivity index (χ0) is 18.1. The molecule has 0 unspecified atom stereocenters. The minimum Gasteiger partial charge on any atom is -0.340 e. The zero-order valence-corrected chi connectivity index (χ0v) is 14.5. The van der Waals surface area contributed by atoms with Gasteiger partial charge in [0.05, 0.1) is 11.4 Å². The van der Waals surface area contributed by atoms with Gasteiger partial charge in [0.15, 0.2) is 5.78 Å². The van der Waals surface area contributed by atoms with Crippen molar-refractivity contribution >= 4 is 45.7 Å². The second-order valence-electron chi connectivity index (χ2n) is 5.87. The van der Waals surface area contributed by atoms with E-state index >= 15 is 0 Å². The highest BCUT2D eigenvalue weighted by Crippen LogP contribution is 2.29. The van der Waals surface area contributed by atoms with Crippen LogP contribution in [0.5, 0.6) is 0 Å². The fraction of sp³-hybridized carbons (Fsp3) is 0.0500. The van der Waals surface area contributed by atoms with E-state index in [9.17, 15) is 14.4 Å². The van der Waals surface area contributed by atoms with Gasteiger partial charge in [0.1, 0.15) is 0 Å². The topological polar surface area (TPSA) is 68.2 Å². The van der Waals surface area contributed by atoms with Crippen LogP contribution in [0.3, 0.4) is 0 Å². The summed E-state index contributed by atoms with van der Waals surface area (Å²) in [4.78, 5) is 35.9. The molecule has 1 saturated heterocycles. The summed E-state index contributed by atoms with van der Waals surface area (Å²) in [5.74, 6) is -0.348. The van der Waals surface area contributed by atoms with E-state index in [4.69, 9.17) is 0 Å². The average molecular weight is 362 g/mol. The van der Waals surface area contributed by atoms with Gasteiger partial charge in [-0.1, -0.05) is 42.5 Å². The summed E-state index contributed by atoms with van der Waals surface area (Å²) in [5.41, 5.74) is 2.41. The van der Waals surface area contributed by atoms with Gasteiger partial charge in [-0.15, -0.1) is 0 Å². The molecule has 0 aliphatic carbocycles. The highest BCUT2D eigenvalue weighted by Gasteiger charge is 2.25. The van der Waals surface area contributed by atoms with Crippen LogP contribution in [-0.4, -0.2) is 21.5 Å². The van der Waals surface area contributed by atoms with Crippen molar-refractivity contribution in [3.63, 3.8) is 0 Å². The second-order valence-corrected chi connectivity index (χ2v) is 6.88. The normalized spacial score (nSPS) is 15.6. The molecule has 4 rings (SSSR count). The molecule has 2 heterocycles. The number of amides is 2. The zero-order valence-electron chi connectivity index (χ0n) is 13.6. The van der Waals surface area contributed by atoms with Crippen LogP contribution in [0.25, 0.3) is 17.0 Å². The number of nitrogens with zero attached hydrogens (tertiary/aromatic N) is 1. The molecule has 2 amide bonds. The molecule has 1 aliphatic rings. The first-order valence-electron chi connectivity index (χ1n) is 8.03. The molecule has 0 saturated carbocycles. The van der Waals surface area contributed by atoms with Crippen molar-refractivity contribution in [3.8, 4) is 0 Å². The van der Waals surface area contributed by atoms with Crippen molar-refractivity contribution in [1.29, 1.82) is 0 Å². The van der Waals surface area contributed by atoms with Gasteiger partial charge < -0.3 is 4.57 Å². The molecule has 0 atom stereocenters. The summed E-state index contributed by atoms with van der Waals surface area (Å²) < 4.78 is 1.89. The van der Waals surface area contributed by atoms with E-state index in [0.717, 1.165) is 28.2 Å². The third-order valence-electron chi connectivity index (χ3n) is 4.19. The third kappa shape index (κ3) is 3.07. The smallest absolute Gasteiger partial charge is 0.290 e. The molecule has 1 aliphatic heterocycles. The van der Waals surface area contributed by atoms with Crippen LogP contribution in [0, 0.1) is 0 Å². The number of aromatic nitrogens is 1. The maximum atomic E-state index is 12.5. The van der Waals surface area contributed by atoms with Crippen LogP contribution in [-0.2, 0) is 11.3 Å². The van der Waals surface area contributed by atoms with Crippen LogP contribution in [0.1, 0.15) is 15.9 Å². The Morgan fingerprint density at radius 1 is 1.04 bits per heavy atom. The fourth-order valence-electron chi connectivity index (χ4n) is 2.94. The van der Waals surface area contributed by atoms with Gasteiger partial charge in [-0.2, -0.15) is 0 Å². The Morgan fingerprint density at radius 3 is 2.58 bits per heavy atom. The minimum atomic E-state index is -0.379. The molecule has 1 N–H and O–H groups in total. The van der Waals surface area contributed by atoms with Gasteiger partial charge >= 0.3 is 0 Å². The second kappa shape index (κ2) is 6.65. The van der Waals surface area contributed by atoms with E-state index in [2.05, 4.69) is 5.32 Å². The monoisotopic (exact) mass is 362 g/mol. The van der Waals surface area contributed by atoms with E-state index < -0.39 is 0 Å². The van der Waals surface area contributed by atoms with E-state index in [1.165, 1.54) is 0 Å². The Balaban J connectivity index is 1.67. The number of hydrogen-bond acceptors (Lipinski definition) is 4. The van der Waals surface area contributed by atoms with Crippen molar-refractivity contribution in [2.45, 2.75) is 6.54 Å². The van der Waals surface area contributed by atoms with Gasteiger partial charge in [-0.3, -0.25) is 19.7 Å². The Kier molecular flexibility index (Phi) is 4.18. The minimum absolute atomic E-state index is 0.0307. The maximum absolute atomic E-state index is 12.5. The van der Waals surface area contributed by atoms with Crippen LogP contribution in [0.15, 0.2) is 65.7 Å². The Bertz CT molecular complexity index is 1070. The van der Waals surface area contributed by atoms with Gasteiger partial charge in [-0.05, 0) is 35.5 Å². The third-order valence-corrected chi connectivity index (χ3v) is 5.00. The first-order chi connectivity index (χ1) is 12.6. The lowest BCUT2D eigenvalue weighted by molar-refractivity contribution is -0.115. The van der Waals surface area contributed by atoms with Crippen LogP contribution < -0.4 is 5.32 Å². The maximum Gasteiger partial charge on any atom is 0.290 e. The number of nitrogens with one attached hydrogen (secondary N) is 1. The summed E-state index contributed by atoms with van der Waals surface area (Å²) >= 11 is 0.892.